The first-order valence-electron chi connectivity index (χ1n) is 17.6. The molecule has 6 heterocycles. The van der Waals surface area contributed by atoms with Crippen LogP contribution in [0.15, 0.2) is 70.5 Å². The van der Waals surface area contributed by atoms with Gasteiger partial charge in [-0.3, -0.25) is 8.42 Å². The van der Waals surface area contributed by atoms with Gasteiger partial charge < -0.3 is 29.9 Å². The molecule has 56 heavy (non-hydrogen) atoms. The maximum atomic E-state index is 13.7. The van der Waals surface area contributed by atoms with Gasteiger partial charge in [0.05, 0.1) is 39.6 Å². The molecule has 0 spiro atoms. The van der Waals surface area contributed by atoms with Crippen LogP contribution in [0.25, 0.3) is 0 Å². The van der Waals surface area contributed by atoms with Crippen molar-refractivity contribution in [1.82, 2.24) is 30.1 Å². The monoisotopic (exact) mass is 826 g/mol. The van der Waals surface area contributed by atoms with Gasteiger partial charge in [-0.15, -0.1) is 10.2 Å². The van der Waals surface area contributed by atoms with Gasteiger partial charge in [-0.25, -0.2) is 18.7 Å². The Hall–Kier alpha value is -4.91. The molecule has 0 saturated carbocycles. The number of hydrogen-bond donors (Lipinski definition) is 2. The van der Waals surface area contributed by atoms with Gasteiger partial charge in [0.1, 0.15) is 28.0 Å². The highest BCUT2D eigenvalue weighted by atomic mass is 35.5. The van der Waals surface area contributed by atoms with Gasteiger partial charge in [0, 0.05) is 74.6 Å². The van der Waals surface area contributed by atoms with Crippen LogP contribution in [0.2, 0.25) is 5.28 Å². The number of nitrogens with zero attached hydrogens (tertiary/aromatic N) is 8. The molecular formula is C37H41ClF2N10O4S2. The fraction of sp³-hybridized carbons (Fsp3) is 0.351. The van der Waals surface area contributed by atoms with Crippen LogP contribution in [0.4, 0.5) is 43.6 Å². The first-order valence-corrected chi connectivity index (χ1v) is 20.6. The van der Waals surface area contributed by atoms with Crippen molar-refractivity contribution in [3.63, 3.8) is 0 Å². The molecule has 296 valence electrons. The normalized spacial score (nSPS) is 16.9. The predicted octanol–water partition coefficient (Wildman–Crippen LogP) is 5.87. The predicted molar refractivity (Wildman–Crippen MR) is 214 cm³/mol. The molecule has 5 aromatic rings. The van der Waals surface area contributed by atoms with E-state index in [1.807, 2.05) is 19.1 Å². The van der Waals surface area contributed by atoms with Crippen molar-refractivity contribution in [3.05, 3.63) is 89.0 Å². The first-order chi connectivity index (χ1) is 26.7. The number of fused-ring (bicyclic) bond motifs is 2. The Labute approximate surface area is 333 Å². The number of aromatic nitrogens is 6. The molecule has 0 bridgehead atoms. The maximum Gasteiger partial charge on any atom is 0.233 e. The fourth-order valence-electron chi connectivity index (χ4n) is 6.11. The van der Waals surface area contributed by atoms with Crippen LogP contribution >= 0.6 is 11.6 Å². The standard InChI is InChI=1S/C24H28FN7O3S.C12H9ClFN3OS.CH4/c1-2-34-13-14-35-21-7-6-20(29-30-21)31-9-11-32(12-10-31)24-27-19-8-15-36(33)22(19)23(28-24)26-18-5-3-4-17(25)16-18;13-12-16-9-4-5-19(18)10(9)11(17-12)15-8-3-1-2-7(14)6-8;/h3-7,16H,2,8-15H2,1H3,(H,26,27,28);1-3,6H,4-5H2,(H,15,16,17);1H4. The van der Waals surface area contributed by atoms with Gasteiger partial charge in [0.15, 0.2) is 17.5 Å². The highest BCUT2D eigenvalue weighted by molar-refractivity contribution is 7.85. The molecule has 3 aliphatic rings. The number of nitrogens with one attached hydrogen (secondary N) is 2. The molecule has 2 atom stereocenters. The van der Waals surface area contributed by atoms with Crippen LogP contribution < -0.4 is 25.2 Å². The van der Waals surface area contributed by atoms with Gasteiger partial charge in [0.25, 0.3) is 0 Å². The lowest BCUT2D eigenvalue weighted by Crippen LogP contribution is -2.47. The van der Waals surface area contributed by atoms with Crippen molar-refractivity contribution in [1.29, 1.82) is 0 Å². The minimum absolute atomic E-state index is 0. The van der Waals surface area contributed by atoms with Crippen molar-refractivity contribution in [2.45, 2.75) is 37.0 Å². The molecule has 0 radical (unpaired) electrons. The van der Waals surface area contributed by atoms with Crippen LogP contribution in [0.1, 0.15) is 25.7 Å². The third-order valence-corrected chi connectivity index (χ3v) is 11.8. The lowest BCUT2D eigenvalue weighted by Gasteiger charge is -2.35. The van der Waals surface area contributed by atoms with E-state index in [4.69, 9.17) is 31.0 Å². The molecule has 2 unspecified atom stereocenters. The van der Waals surface area contributed by atoms with Crippen LogP contribution in [0, 0.1) is 11.6 Å². The zero-order chi connectivity index (χ0) is 38.3. The molecule has 14 nitrogen and oxygen atoms in total. The fourth-order valence-corrected chi connectivity index (χ4v) is 8.91. The minimum atomic E-state index is -1.18. The quantitative estimate of drug-likeness (QED) is 0.120. The average Bonchev–Trinajstić information content (AvgIpc) is 3.75. The van der Waals surface area contributed by atoms with Crippen molar-refractivity contribution in [3.8, 4) is 5.88 Å². The van der Waals surface area contributed by atoms with Gasteiger partial charge in [-0.1, -0.05) is 19.6 Å². The van der Waals surface area contributed by atoms with Crippen LogP contribution in [-0.4, -0.2) is 96.1 Å². The number of hydrogen-bond acceptors (Lipinski definition) is 14. The Balaban J connectivity index is 0.000000224. The summed E-state index contributed by atoms with van der Waals surface area (Å²) in [7, 11) is -2.31. The van der Waals surface area contributed by atoms with Gasteiger partial charge in [-0.2, -0.15) is 9.97 Å². The molecular weight excluding hydrogens is 786 g/mol. The second-order valence-corrected chi connectivity index (χ2v) is 15.7. The summed E-state index contributed by atoms with van der Waals surface area (Å²) in [6, 6.07) is 15.8. The van der Waals surface area contributed by atoms with Crippen LogP contribution in [0.3, 0.4) is 0 Å². The summed E-state index contributed by atoms with van der Waals surface area (Å²) in [5.74, 6) is 3.02. The molecule has 8 rings (SSSR count). The van der Waals surface area contributed by atoms with E-state index in [0.717, 1.165) is 24.6 Å². The molecule has 1 fully saturated rings. The number of halogens is 3. The molecule has 19 heteroatoms. The molecule has 0 amide bonds. The second-order valence-electron chi connectivity index (χ2n) is 12.4. The van der Waals surface area contributed by atoms with Gasteiger partial charge in [-0.05, 0) is 61.0 Å². The minimum Gasteiger partial charge on any atom is -0.474 e. The summed E-state index contributed by atoms with van der Waals surface area (Å²) >= 11 is 5.84. The number of piperazine rings is 1. The topological polar surface area (TPSA) is 160 Å². The smallest absolute Gasteiger partial charge is 0.233 e. The Morgan fingerprint density at radius 2 is 1.34 bits per heavy atom. The van der Waals surface area contributed by atoms with E-state index in [2.05, 4.69) is 40.6 Å². The summed E-state index contributed by atoms with van der Waals surface area (Å²) in [6.07, 6.45) is 1.24. The third-order valence-electron chi connectivity index (χ3n) is 8.71. The second kappa shape index (κ2) is 18.8. The Bertz CT molecular complexity index is 2200. The SMILES string of the molecule is C.CCOCCOc1ccc(N2CCN(c3nc4c(c(Nc5cccc(F)c5)n3)S(=O)CC4)CC2)nn1.O=S1CCc2nc(Cl)nc(Nc3cccc(F)c3)c21. The number of ether oxygens (including phenoxy) is 2. The van der Waals surface area contributed by atoms with E-state index in [0.29, 0.717) is 108 Å². The molecule has 3 aliphatic heterocycles. The van der Waals surface area contributed by atoms with E-state index < -0.39 is 21.6 Å². The number of rotatable bonds is 11. The molecule has 3 aromatic heterocycles. The van der Waals surface area contributed by atoms with Crippen molar-refractivity contribution >= 4 is 68.0 Å². The number of anilines is 6. The van der Waals surface area contributed by atoms with E-state index in [1.165, 1.54) is 24.3 Å². The molecule has 2 N–H and O–H groups in total. The Kier molecular flexibility index (Phi) is 13.7. The average molecular weight is 827 g/mol. The first kappa shape index (κ1) is 40.7. The lowest BCUT2D eigenvalue weighted by molar-refractivity contribution is 0.108. The highest BCUT2D eigenvalue weighted by Gasteiger charge is 2.29. The summed E-state index contributed by atoms with van der Waals surface area (Å²) in [4.78, 5) is 23.0. The highest BCUT2D eigenvalue weighted by Crippen LogP contribution is 2.33. The molecule has 0 aliphatic carbocycles. The number of aryl methyl sites for hydroxylation is 2. The van der Waals surface area contributed by atoms with E-state index in [1.54, 1.807) is 24.3 Å². The van der Waals surface area contributed by atoms with Gasteiger partial charge >= 0.3 is 0 Å². The van der Waals surface area contributed by atoms with E-state index >= 15 is 0 Å². The van der Waals surface area contributed by atoms with E-state index in [9.17, 15) is 17.2 Å². The maximum absolute atomic E-state index is 13.7. The van der Waals surface area contributed by atoms with E-state index in [-0.39, 0.29) is 24.3 Å². The largest absolute Gasteiger partial charge is 0.474 e. The van der Waals surface area contributed by atoms with Crippen molar-refractivity contribution in [2.24, 2.45) is 0 Å². The Morgan fingerprint density at radius 3 is 1.91 bits per heavy atom. The van der Waals surface area contributed by atoms with Gasteiger partial charge in [0.2, 0.25) is 17.1 Å². The van der Waals surface area contributed by atoms with Crippen LogP contribution in [-0.2, 0) is 39.2 Å². The summed E-state index contributed by atoms with van der Waals surface area (Å²) < 4.78 is 62.2. The molecule has 2 aromatic carbocycles. The zero-order valence-electron chi connectivity index (χ0n) is 29.7. The van der Waals surface area contributed by atoms with Crippen LogP contribution in [0.5, 0.6) is 5.88 Å². The summed E-state index contributed by atoms with van der Waals surface area (Å²) in [5.41, 5.74) is 2.56. The lowest BCUT2D eigenvalue weighted by atomic mass is 10.2. The molecule has 1 saturated heterocycles. The van der Waals surface area contributed by atoms with Crippen molar-refractivity contribution < 1.29 is 26.7 Å². The summed E-state index contributed by atoms with van der Waals surface area (Å²) in [5, 5.41) is 14.7. The number of benzene rings is 2. The van der Waals surface area contributed by atoms with Crippen molar-refractivity contribution in [2.75, 3.05) is 77.9 Å². The summed E-state index contributed by atoms with van der Waals surface area (Å²) in [6.45, 7) is 6.37. The zero-order valence-corrected chi connectivity index (χ0v) is 32.1. The third kappa shape index (κ3) is 9.90. The Morgan fingerprint density at radius 1 is 0.750 bits per heavy atom.